The molecule has 1 heterocycles. The first-order valence-corrected chi connectivity index (χ1v) is 8.28. The molecule has 0 saturated heterocycles. The van der Waals surface area contributed by atoms with Crippen LogP contribution in [0.2, 0.25) is 0 Å². The molecule has 26 heavy (non-hydrogen) atoms. The molecule has 3 aromatic rings. The fourth-order valence-electron chi connectivity index (χ4n) is 2.38. The van der Waals surface area contributed by atoms with E-state index in [1.807, 2.05) is 30.3 Å². The molecule has 0 aliphatic rings. The van der Waals surface area contributed by atoms with Crippen molar-refractivity contribution < 1.29 is 9.53 Å². The van der Waals surface area contributed by atoms with Gasteiger partial charge in [-0.3, -0.25) is 4.79 Å². The fraction of sp³-hybridized carbons (Fsp3) is 0.263. The van der Waals surface area contributed by atoms with Gasteiger partial charge in [-0.15, -0.1) is 5.10 Å². The van der Waals surface area contributed by atoms with E-state index in [1.165, 1.54) is 11.0 Å². The second-order valence-electron chi connectivity index (χ2n) is 6.92. The zero-order valence-electron chi connectivity index (χ0n) is 15.0. The number of carbonyl (C=O) groups excluding carboxylic acids is 1. The Morgan fingerprint density at radius 3 is 2.58 bits per heavy atom. The summed E-state index contributed by atoms with van der Waals surface area (Å²) in [6.07, 6.45) is 1.51. The number of nitrogens with zero attached hydrogens (tertiary/aromatic N) is 4. The second-order valence-corrected chi connectivity index (χ2v) is 6.92. The lowest BCUT2D eigenvalue weighted by molar-refractivity contribution is -0.118. The minimum Gasteiger partial charge on any atom is -0.484 e. The third-order valence-electron chi connectivity index (χ3n) is 3.83. The quantitative estimate of drug-likeness (QED) is 0.764. The van der Waals surface area contributed by atoms with E-state index in [1.54, 1.807) is 12.1 Å². The normalized spacial score (nSPS) is 11.2. The van der Waals surface area contributed by atoms with Crippen LogP contribution in [-0.2, 0) is 10.2 Å². The van der Waals surface area contributed by atoms with Gasteiger partial charge >= 0.3 is 0 Å². The Morgan fingerprint density at radius 2 is 1.92 bits per heavy atom. The van der Waals surface area contributed by atoms with Crippen molar-refractivity contribution in [3.63, 3.8) is 0 Å². The minimum absolute atomic E-state index is 0.0307. The van der Waals surface area contributed by atoms with E-state index in [9.17, 15) is 4.79 Å². The van der Waals surface area contributed by atoms with Crippen LogP contribution in [0.5, 0.6) is 5.75 Å². The van der Waals surface area contributed by atoms with Crippen LogP contribution in [0.1, 0.15) is 26.3 Å². The number of nitrogens with one attached hydrogen (secondary N) is 1. The Bertz CT molecular complexity index is 868. The van der Waals surface area contributed by atoms with E-state index in [0.717, 1.165) is 11.3 Å². The number of carbonyl (C=O) groups is 1. The van der Waals surface area contributed by atoms with Gasteiger partial charge in [0, 0.05) is 5.69 Å². The maximum atomic E-state index is 12.1. The maximum Gasteiger partial charge on any atom is 0.262 e. The highest BCUT2D eigenvalue weighted by Gasteiger charge is 2.14. The van der Waals surface area contributed by atoms with E-state index >= 15 is 0 Å². The molecule has 134 valence electrons. The van der Waals surface area contributed by atoms with Gasteiger partial charge in [0.1, 0.15) is 12.1 Å². The molecule has 7 heteroatoms. The average Bonchev–Trinajstić information content (AvgIpc) is 3.15. The predicted molar refractivity (Wildman–Crippen MR) is 98.4 cm³/mol. The van der Waals surface area contributed by atoms with Crippen LogP contribution < -0.4 is 10.1 Å². The van der Waals surface area contributed by atoms with Crippen molar-refractivity contribution in [3.05, 3.63) is 60.4 Å². The van der Waals surface area contributed by atoms with E-state index in [2.05, 4.69) is 47.7 Å². The lowest BCUT2D eigenvalue weighted by Gasteiger charge is -2.19. The minimum atomic E-state index is -0.221. The second kappa shape index (κ2) is 7.35. The van der Waals surface area contributed by atoms with Crippen molar-refractivity contribution in [2.45, 2.75) is 26.2 Å². The third kappa shape index (κ3) is 4.44. The van der Waals surface area contributed by atoms with Crippen LogP contribution in [-0.4, -0.2) is 32.7 Å². The van der Waals surface area contributed by atoms with Gasteiger partial charge in [0.25, 0.3) is 5.91 Å². The van der Waals surface area contributed by atoms with E-state index < -0.39 is 0 Å². The van der Waals surface area contributed by atoms with Gasteiger partial charge in [-0.25, -0.2) is 4.68 Å². The molecule has 0 unspecified atom stereocenters. The van der Waals surface area contributed by atoms with Gasteiger partial charge in [0.15, 0.2) is 6.61 Å². The highest BCUT2D eigenvalue weighted by Crippen LogP contribution is 2.25. The molecule has 0 fully saturated rings. The van der Waals surface area contributed by atoms with Crippen molar-refractivity contribution in [3.8, 4) is 11.4 Å². The summed E-state index contributed by atoms with van der Waals surface area (Å²) < 4.78 is 7.15. The first kappa shape index (κ1) is 17.6. The number of rotatable bonds is 5. The van der Waals surface area contributed by atoms with Crippen LogP contribution in [0.3, 0.4) is 0 Å². The van der Waals surface area contributed by atoms with Crippen LogP contribution >= 0.6 is 0 Å². The number of hydrogen-bond acceptors (Lipinski definition) is 5. The first-order valence-electron chi connectivity index (χ1n) is 8.28. The first-order chi connectivity index (χ1) is 12.4. The summed E-state index contributed by atoms with van der Waals surface area (Å²) in [4.78, 5) is 12.1. The molecule has 1 amide bonds. The molecule has 0 aliphatic carbocycles. The van der Waals surface area contributed by atoms with Gasteiger partial charge in [-0.05, 0) is 57.8 Å². The summed E-state index contributed by atoms with van der Waals surface area (Å²) in [7, 11) is 0. The molecular weight excluding hydrogens is 330 g/mol. The number of aromatic nitrogens is 4. The molecule has 0 bridgehead atoms. The molecule has 0 aliphatic heterocycles. The third-order valence-corrected chi connectivity index (χ3v) is 3.83. The molecular formula is C19H21N5O2. The topological polar surface area (TPSA) is 81.9 Å². The summed E-state index contributed by atoms with van der Waals surface area (Å²) in [5.74, 6) is 0.461. The summed E-state index contributed by atoms with van der Waals surface area (Å²) in [5.41, 5.74) is 2.68. The highest BCUT2D eigenvalue weighted by molar-refractivity contribution is 5.91. The molecule has 7 nitrogen and oxygen atoms in total. The molecule has 2 aromatic carbocycles. The van der Waals surface area contributed by atoms with Gasteiger partial charge in [0.05, 0.1) is 5.69 Å². The SMILES string of the molecule is CC(C)(C)c1cccc(OCC(=O)Nc2ccc(-n3cnnn3)cc2)c1. The van der Waals surface area contributed by atoms with Crippen molar-refractivity contribution >= 4 is 11.6 Å². The summed E-state index contributed by atoms with van der Waals surface area (Å²) >= 11 is 0. The van der Waals surface area contributed by atoms with Crippen molar-refractivity contribution in [2.75, 3.05) is 11.9 Å². The zero-order chi connectivity index (χ0) is 18.6. The zero-order valence-corrected chi connectivity index (χ0v) is 15.0. The standard InChI is InChI=1S/C19H21N5O2/c1-19(2,3)14-5-4-6-17(11-14)26-12-18(25)21-15-7-9-16(10-8-15)24-13-20-22-23-24/h4-11,13H,12H2,1-3H3,(H,21,25). The number of amides is 1. The smallest absolute Gasteiger partial charge is 0.262 e. The molecule has 0 atom stereocenters. The number of ether oxygens (including phenoxy) is 1. The average molecular weight is 351 g/mol. The largest absolute Gasteiger partial charge is 0.484 e. The molecule has 1 aromatic heterocycles. The number of benzene rings is 2. The van der Waals surface area contributed by atoms with Crippen LogP contribution in [0.4, 0.5) is 5.69 Å². The number of hydrogen-bond donors (Lipinski definition) is 1. The van der Waals surface area contributed by atoms with Gasteiger partial charge in [-0.2, -0.15) is 0 Å². The maximum absolute atomic E-state index is 12.1. The number of anilines is 1. The Balaban J connectivity index is 1.56. The molecule has 0 radical (unpaired) electrons. The van der Waals surface area contributed by atoms with Crippen molar-refractivity contribution in [1.82, 2.24) is 20.2 Å². The van der Waals surface area contributed by atoms with Crippen LogP contribution in [0, 0.1) is 0 Å². The Morgan fingerprint density at radius 1 is 1.15 bits per heavy atom. The van der Waals surface area contributed by atoms with Gasteiger partial charge < -0.3 is 10.1 Å². The fourth-order valence-corrected chi connectivity index (χ4v) is 2.38. The van der Waals surface area contributed by atoms with Crippen molar-refractivity contribution in [2.24, 2.45) is 0 Å². The summed E-state index contributed by atoms with van der Waals surface area (Å²) in [6.45, 7) is 6.36. The lowest BCUT2D eigenvalue weighted by atomic mass is 9.87. The van der Waals surface area contributed by atoms with E-state index in [-0.39, 0.29) is 17.9 Å². The van der Waals surface area contributed by atoms with Crippen LogP contribution in [0.15, 0.2) is 54.9 Å². The van der Waals surface area contributed by atoms with E-state index in [0.29, 0.717) is 11.4 Å². The lowest BCUT2D eigenvalue weighted by Crippen LogP contribution is -2.20. The predicted octanol–water partition coefficient (Wildman–Crippen LogP) is 2.98. The van der Waals surface area contributed by atoms with Gasteiger partial charge in [-0.1, -0.05) is 32.9 Å². The highest BCUT2D eigenvalue weighted by atomic mass is 16.5. The Labute approximate surface area is 152 Å². The monoisotopic (exact) mass is 351 g/mol. The molecule has 1 N–H and O–H groups in total. The molecule has 0 saturated carbocycles. The van der Waals surface area contributed by atoms with Gasteiger partial charge in [0.2, 0.25) is 0 Å². The summed E-state index contributed by atoms with van der Waals surface area (Å²) in [6, 6.07) is 15.0. The number of tetrazole rings is 1. The van der Waals surface area contributed by atoms with E-state index in [4.69, 9.17) is 4.74 Å². The Kier molecular flexibility index (Phi) is 4.97. The van der Waals surface area contributed by atoms with Crippen LogP contribution in [0.25, 0.3) is 5.69 Å². The molecule has 3 rings (SSSR count). The molecule has 0 spiro atoms. The van der Waals surface area contributed by atoms with Crippen molar-refractivity contribution in [1.29, 1.82) is 0 Å². The Hall–Kier alpha value is -3.22. The summed E-state index contributed by atoms with van der Waals surface area (Å²) in [5, 5.41) is 13.8.